The first-order valence-corrected chi connectivity index (χ1v) is 9.72. The Kier molecular flexibility index (Phi) is 3.48. The van der Waals surface area contributed by atoms with Crippen molar-refractivity contribution in [2.24, 2.45) is 5.92 Å². The number of aromatic nitrogens is 1. The summed E-state index contributed by atoms with van der Waals surface area (Å²) in [7, 11) is 0. The Balaban J connectivity index is 1.35. The van der Waals surface area contributed by atoms with Gasteiger partial charge in [0.2, 0.25) is 5.91 Å². The monoisotopic (exact) mass is 356 g/mol. The van der Waals surface area contributed by atoms with Gasteiger partial charge in [-0.3, -0.25) is 4.79 Å². The third-order valence-corrected chi connectivity index (χ3v) is 6.87. The summed E-state index contributed by atoms with van der Waals surface area (Å²) in [5.41, 5.74) is 1.31. The van der Waals surface area contributed by atoms with Crippen LogP contribution in [0.4, 0.5) is 4.39 Å². The van der Waals surface area contributed by atoms with Crippen molar-refractivity contribution in [3.05, 3.63) is 35.8 Å². The molecule has 138 valence electrons. The van der Waals surface area contributed by atoms with Gasteiger partial charge < -0.3 is 15.0 Å². The molecule has 5 heteroatoms. The minimum atomic E-state index is -0.528. The van der Waals surface area contributed by atoms with Crippen molar-refractivity contribution in [3.8, 4) is 0 Å². The molecule has 4 nitrogen and oxygen atoms in total. The molecular formula is C21H25FN2O2. The van der Waals surface area contributed by atoms with E-state index in [9.17, 15) is 14.3 Å². The zero-order chi connectivity index (χ0) is 18.1. The van der Waals surface area contributed by atoms with Crippen molar-refractivity contribution >= 4 is 16.8 Å². The summed E-state index contributed by atoms with van der Waals surface area (Å²) in [4.78, 5) is 18.3. The molecule has 3 atom stereocenters. The van der Waals surface area contributed by atoms with E-state index in [2.05, 4.69) is 16.8 Å². The summed E-state index contributed by atoms with van der Waals surface area (Å²) in [5, 5.41) is 11.7. The number of halogens is 1. The lowest BCUT2D eigenvalue weighted by molar-refractivity contribution is -0.174. The highest BCUT2D eigenvalue weighted by Gasteiger charge is 2.54. The third kappa shape index (κ3) is 2.48. The molecule has 2 N–H and O–H groups in total. The van der Waals surface area contributed by atoms with Gasteiger partial charge in [-0.15, -0.1) is 0 Å². The van der Waals surface area contributed by atoms with Crippen LogP contribution < -0.4 is 0 Å². The van der Waals surface area contributed by atoms with Gasteiger partial charge in [-0.05, 0) is 67.7 Å². The van der Waals surface area contributed by atoms with Crippen molar-refractivity contribution in [2.45, 2.75) is 69.1 Å². The summed E-state index contributed by atoms with van der Waals surface area (Å²) in [6.45, 7) is 2.06. The average molecular weight is 356 g/mol. The number of carbonyl (C=O) groups is 1. The molecule has 0 spiro atoms. The molecule has 4 aliphatic rings. The first kappa shape index (κ1) is 16.3. The molecule has 6 rings (SSSR count). The van der Waals surface area contributed by atoms with Crippen LogP contribution >= 0.6 is 0 Å². The molecule has 2 saturated heterocycles. The lowest BCUT2D eigenvalue weighted by atomic mass is 9.61. The van der Waals surface area contributed by atoms with E-state index in [-0.39, 0.29) is 29.7 Å². The molecule has 2 aliphatic carbocycles. The maximum atomic E-state index is 13.4. The summed E-state index contributed by atoms with van der Waals surface area (Å²) in [6, 6.07) is 5.17. The highest BCUT2D eigenvalue weighted by molar-refractivity contribution is 5.85. The molecule has 3 unspecified atom stereocenters. The Labute approximate surface area is 152 Å². The van der Waals surface area contributed by atoms with Crippen LogP contribution in [0, 0.1) is 11.7 Å². The van der Waals surface area contributed by atoms with Gasteiger partial charge in [0.15, 0.2) is 0 Å². The van der Waals surface area contributed by atoms with Crippen LogP contribution in [-0.2, 0) is 4.79 Å². The third-order valence-electron chi connectivity index (χ3n) is 6.87. The molecule has 26 heavy (non-hydrogen) atoms. The number of nitrogens with zero attached hydrogens (tertiary/aromatic N) is 1. The van der Waals surface area contributed by atoms with E-state index in [1.807, 2.05) is 6.20 Å². The van der Waals surface area contributed by atoms with Gasteiger partial charge in [0.25, 0.3) is 0 Å². The first-order chi connectivity index (χ1) is 12.4. The molecule has 1 aromatic carbocycles. The smallest absolute Gasteiger partial charge is 0.223 e. The predicted octanol–water partition coefficient (Wildman–Crippen LogP) is 3.71. The van der Waals surface area contributed by atoms with Crippen LogP contribution in [0.25, 0.3) is 10.9 Å². The van der Waals surface area contributed by atoms with E-state index in [1.165, 1.54) is 12.1 Å². The number of aliphatic hydroxyl groups is 1. The van der Waals surface area contributed by atoms with Crippen molar-refractivity contribution in [3.63, 3.8) is 0 Å². The zero-order valence-electron chi connectivity index (χ0n) is 15.0. The number of nitrogens with one attached hydrogen (secondary N) is 1. The van der Waals surface area contributed by atoms with Crippen LogP contribution in [0.1, 0.15) is 56.9 Å². The normalized spacial score (nSPS) is 33.8. The fourth-order valence-corrected chi connectivity index (χ4v) is 6.00. The predicted molar refractivity (Wildman–Crippen MR) is 97.2 cm³/mol. The maximum absolute atomic E-state index is 13.4. The summed E-state index contributed by atoms with van der Waals surface area (Å²) >= 11 is 0. The molecule has 1 amide bonds. The Morgan fingerprint density at radius 3 is 2.77 bits per heavy atom. The largest absolute Gasteiger partial charge is 0.390 e. The fourth-order valence-electron chi connectivity index (χ4n) is 6.00. The summed E-state index contributed by atoms with van der Waals surface area (Å²) < 4.78 is 13.4. The number of hydrogen-bond donors (Lipinski definition) is 2. The second-order valence-electron chi connectivity index (χ2n) is 8.82. The van der Waals surface area contributed by atoms with E-state index in [0.717, 1.165) is 48.6 Å². The Hall–Kier alpha value is -1.88. The summed E-state index contributed by atoms with van der Waals surface area (Å²) in [5.74, 6) is 0.600. The van der Waals surface area contributed by atoms with E-state index in [1.54, 1.807) is 6.07 Å². The van der Waals surface area contributed by atoms with Gasteiger partial charge in [0, 0.05) is 35.6 Å². The molecule has 0 radical (unpaired) electrons. The first-order valence-electron chi connectivity index (χ1n) is 9.72. The second kappa shape index (κ2) is 5.56. The standard InChI is InChI=1S/C21H25FN2O2/c1-12(18-11-23-19-7-14(22)2-3-17(18)19)4-20(25)24-15-5-13-6-16(24)10-21(26,8-13)9-15/h2-3,7,11-13,15-16,23,26H,4-6,8-10H2,1H3. The Morgan fingerprint density at radius 1 is 1.35 bits per heavy atom. The highest BCUT2D eigenvalue weighted by atomic mass is 19.1. The zero-order valence-corrected chi connectivity index (χ0v) is 15.0. The number of benzene rings is 1. The lowest BCUT2D eigenvalue weighted by Crippen LogP contribution is -2.65. The molecule has 2 aliphatic heterocycles. The minimum Gasteiger partial charge on any atom is -0.390 e. The lowest BCUT2D eigenvalue weighted by Gasteiger charge is -2.59. The number of fused-ring (bicyclic) bond motifs is 1. The van der Waals surface area contributed by atoms with Gasteiger partial charge in [0.1, 0.15) is 5.82 Å². The van der Waals surface area contributed by atoms with Gasteiger partial charge in [-0.1, -0.05) is 6.92 Å². The molecule has 2 saturated carbocycles. The molecular weight excluding hydrogens is 331 g/mol. The summed E-state index contributed by atoms with van der Waals surface area (Å²) in [6.07, 6.45) is 6.86. The number of hydrogen-bond acceptors (Lipinski definition) is 2. The van der Waals surface area contributed by atoms with Crippen molar-refractivity contribution in [1.29, 1.82) is 0 Å². The number of piperidine rings is 2. The van der Waals surface area contributed by atoms with Crippen LogP contribution in [0.5, 0.6) is 0 Å². The topological polar surface area (TPSA) is 56.3 Å². The number of rotatable bonds is 3. The van der Waals surface area contributed by atoms with Crippen molar-refractivity contribution in [1.82, 2.24) is 9.88 Å². The maximum Gasteiger partial charge on any atom is 0.223 e. The van der Waals surface area contributed by atoms with Crippen LogP contribution in [0.15, 0.2) is 24.4 Å². The van der Waals surface area contributed by atoms with Gasteiger partial charge in [-0.25, -0.2) is 4.39 Å². The molecule has 4 fully saturated rings. The van der Waals surface area contributed by atoms with Gasteiger partial charge in [-0.2, -0.15) is 0 Å². The average Bonchev–Trinajstić information content (AvgIpc) is 2.95. The molecule has 1 aromatic heterocycles. The van der Waals surface area contributed by atoms with E-state index in [4.69, 9.17) is 0 Å². The number of H-pyrrole nitrogens is 1. The Bertz CT molecular complexity index is 860. The quantitative estimate of drug-likeness (QED) is 0.881. The highest BCUT2D eigenvalue weighted by Crippen LogP contribution is 2.51. The second-order valence-corrected chi connectivity index (χ2v) is 8.82. The van der Waals surface area contributed by atoms with Crippen LogP contribution in [0.3, 0.4) is 0 Å². The van der Waals surface area contributed by atoms with E-state index in [0.29, 0.717) is 12.3 Å². The molecule has 4 bridgehead atoms. The number of carbonyl (C=O) groups excluding carboxylic acids is 1. The van der Waals surface area contributed by atoms with Crippen LogP contribution in [0.2, 0.25) is 0 Å². The molecule has 3 heterocycles. The number of amides is 1. The van der Waals surface area contributed by atoms with Crippen molar-refractivity contribution < 1.29 is 14.3 Å². The fraction of sp³-hybridized carbons (Fsp3) is 0.571. The van der Waals surface area contributed by atoms with E-state index < -0.39 is 5.60 Å². The van der Waals surface area contributed by atoms with Gasteiger partial charge in [0.05, 0.1) is 5.60 Å². The van der Waals surface area contributed by atoms with E-state index >= 15 is 0 Å². The number of aromatic amines is 1. The molecule has 2 aromatic rings. The Morgan fingerprint density at radius 2 is 2.08 bits per heavy atom. The minimum absolute atomic E-state index is 0.0713. The van der Waals surface area contributed by atoms with Crippen molar-refractivity contribution in [2.75, 3.05) is 0 Å². The SMILES string of the molecule is CC(CC(=O)N1C2CC3CC1CC(O)(C3)C2)c1c[nH]c2cc(F)ccc12. The van der Waals surface area contributed by atoms with Gasteiger partial charge >= 0.3 is 0 Å². The van der Waals surface area contributed by atoms with Crippen LogP contribution in [-0.4, -0.2) is 38.6 Å².